The highest BCUT2D eigenvalue weighted by molar-refractivity contribution is 7.99. The van der Waals surface area contributed by atoms with Crippen LogP contribution in [0.3, 0.4) is 0 Å². The van der Waals surface area contributed by atoms with Crippen molar-refractivity contribution in [1.82, 2.24) is 15.0 Å². The van der Waals surface area contributed by atoms with Gasteiger partial charge in [0.15, 0.2) is 0 Å². The second kappa shape index (κ2) is 6.85. The van der Waals surface area contributed by atoms with Crippen LogP contribution in [0.2, 0.25) is 0 Å². The first-order valence-corrected chi connectivity index (χ1v) is 10.9. The Morgan fingerprint density at radius 3 is 2.00 bits per heavy atom. The third-order valence-electron chi connectivity index (χ3n) is 5.90. The second-order valence-corrected chi connectivity index (χ2v) is 8.69. The molecule has 0 N–H and O–H groups in total. The quantitative estimate of drug-likeness (QED) is 0.373. The number of benzene rings is 4. The monoisotopic (exact) mass is 405 g/mol. The van der Waals surface area contributed by atoms with Crippen LogP contribution in [0.4, 0.5) is 0 Å². The zero-order valence-corrected chi connectivity index (χ0v) is 17.1. The second-order valence-electron chi connectivity index (χ2n) is 7.61. The van der Waals surface area contributed by atoms with Gasteiger partial charge in [0.25, 0.3) is 0 Å². The van der Waals surface area contributed by atoms with E-state index in [0.29, 0.717) is 0 Å². The molecule has 4 heteroatoms. The molecule has 0 unspecified atom stereocenters. The Labute approximate surface area is 179 Å². The minimum atomic E-state index is -0.476. The number of hydrogen-bond donors (Lipinski definition) is 0. The van der Waals surface area contributed by atoms with E-state index in [4.69, 9.17) is 5.21 Å². The fourth-order valence-electron chi connectivity index (χ4n) is 4.59. The maximum atomic E-state index is 4.74. The molecule has 5 aromatic rings. The van der Waals surface area contributed by atoms with Gasteiger partial charge in [0, 0.05) is 16.2 Å². The third kappa shape index (κ3) is 2.54. The highest BCUT2D eigenvalue weighted by Gasteiger charge is 2.44. The predicted octanol–water partition coefficient (Wildman–Crippen LogP) is 5.93. The van der Waals surface area contributed by atoms with Gasteiger partial charge in [-0.25, -0.2) is 4.68 Å². The van der Waals surface area contributed by atoms with Crippen molar-refractivity contribution in [3.8, 4) is 0 Å². The molecule has 0 bridgehead atoms. The average molecular weight is 406 g/mol. The van der Waals surface area contributed by atoms with E-state index in [2.05, 4.69) is 101 Å². The Kier molecular flexibility index (Phi) is 3.99. The van der Waals surface area contributed by atoms with E-state index in [1.54, 1.807) is 0 Å². The van der Waals surface area contributed by atoms with Crippen molar-refractivity contribution in [2.45, 2.75) is 21.8 Å². The fraction of sp³-hybridized carbons (Fsp3) is 0.0769. The van der Waals surface area contributed by atoms with Gasteiger partial charge in [-0.3, -0.25) is 0 Å². The molecule has 0 radical (unpaired) electrons. The predicted molar refractivity (Wildman–Crippen MR) is 121 cm³/mol. The molecule has 1 aliphatic heterocycles. The number of nitrogens with zero attached hydrogens (tertiary/aromatic N) is 3. The fourth-order valence-corrected chi connectivity index (χ4v) is 5.82. The summed E-state index contributed by atoms with van der Waals surface area (Å²) in [5.74, 6) is 0. The van der Waals surface area contributed by atoms with Gasteiger partial charge in [-0.2, -0.15) is 0 Å². The van der Waals surface area contributed by atoms with Crippen LogP contribution in [-0.2, 0) is 12.0 Å². The molecule has 1 aliphatic rings. The molecule has 0 atom stereocenters. The third-order valence-corrected chi connectivity index (χ3v) is 7.05. The lowest BCUT2D eigenvalue weighted by Crippen LogP contribution is -2.42. The Hall–Kier alpha value is -3.37. The first-order chi connectivity index (χ1) is 14.9. The average Bonchev–Trinajstić information content (AvgIpc) is 3.24. The summed E-state index contributed by atoms with van der Waals surface area (Å²) in [6.07, 6.45) is 0.801. The highest BCUT2D eigenvalue weighted by atomic mass is 32.2. The number of hydrogen-bond acceptors (Lipinski definition) is 3. The SMILES string of the molecule is c1ccc(CC2(n3nnc4ccccc43)c3ccccc3Sc3ccccc32)cc1. The maximum Gasteiger partial charge on any atom is 0.121 e. The number of para-hydroxylation sites is 1. The minimum Gasteiger partial charge on any atom is -0.229 e. The van der Waals surface area contributed by atoms with Crippen molar-refractivity contribution < 1.29 is 0 Å². The van der Waals surface area contributed by atoms with Crippen LogP contribution in [-0.4, -0.2) is 15.0 Å². The summed E-state index contributed by atoms with van der Waals surface area (Å²) in [6.45, 7) is 0. The van der Waals surface area contributed by atoms with E-state index in [0.717, 1.165) is 17.5 Å². The molecule has 6 rings (SSSR count). The Morgan fingerprint density at radius 1 is 0.667 bits per heavy atom. The van der Waals surface area contributed by atoms with Crippen molar-refractivity contribution >= 4 is 22.8 Å². The van der Waals surface area contributed by atoms with Crippen LogP contribution in [0, 0.1) is 0 Å². The summed E-state index contributed by atoms with van der Waals surface area (Å²) in [5.41, 5.74) is 5.30. The number of aromatic nitrogens is 3. The lowest BCUT2D eigenvalue weighted by molar-refractivity contribution is 0.372. The van der Waals surface area contributed by atoms with Crippen LogP contribution >= 0.6 is 11.8 Å². The summed E-state index contributed by atoms with van der Waals surface area (Å²) in [4.78, 5) is 2.54. The van der Waals surface area contributed by atoms with E-state index < -0.39 is 5.54 Å². The summed E-state index contributed by atoms with van der Waals surface area (Å²) < 4.78 is 2.15. The Balaban J connectivity index is 1.74. The van der Waals surface area contributed by atoms with Gasteiger partial charge in [0.2, 0.25) is 0 Å². The highest BCUT2D eigenvalue weighted by Crippen LogP contribution is 2.51. The Bertz CT molecular complexity index is 1310. The van der Waals surface area contributed by atoms with E-state index in [9.17, 15) is 0 Å². The molecule has 4 aromatic carbocycles. The van der Waals surface area contributed by atoms with E-state index in [1.165, 1.54) is 26.5 Å². The first-order valence-electron chi connectivity index (χ1n) is 10.1. The molecule has 0 amide bonds. The molecule has 30 heavy (non-hydrogen) atoms. The number of fused-ring (bicyclic) bond motifs is 3. The van der Waals surface area contributed by atoms with Crippen LogP contribution in [0.1, 0.15) is 16.7 Å². The first kappa shape index (κ1) is 17.5. The van der Waals surface area contributed by atoms with Gasteiger partial charge in [0.1, 0.15) is 11.1 Å². The van der Waals surface area contributed by atoms with Gasteiger partial charge < -0.3 is 0 Å². The summed E-state index contributed by atoms with van der Waals surface area (Å²) in [6, 6.07) is 36.4. The molecule has 0 saturated heterocycles. The molecule has 1 aromatic heterocycles. The molecule has 0 saturated carbocycles. The maximum absolute atomic E-state index is 4.74. The lowest BCUT2D eigenvalue weighted by Gasteiger charge is -2.41. The molecule has 0 aliphatic carbocycles. The smallest absolute Gasteiger partial charge is 0.121 e. The molecular weight excluding hydrogens is 386 g/mol. The molecule has 2 heterocycles. The van der Waals surface area contributed by atoms with Gasteiger partial charge >= 0.3 is 0 Å². The van der Waals surface area contributed by atoms with E-state index in [-0.39, 0.29) is 0 Å². The molecular formula is C26H19N3S. The van der Waals surface area contributed by atoms with Crippen LogP contribution < -0.4 is 0 Å². The summed E-state index contributed by atoms with van der Waals surface area (Å²) in [5, 5.41) is 9.28. The van der Waals surface area contributed by atoms with Gasteiger partial charge in [0.05, 0.1) is 5.52 Å². The zero-order valence-electron chi connectivity index (χ0n) is 16.3. The van der Waals surface area contributed by atoms with E-state index >= 15 is 0 Å². The molecule has 0 fully saturated rings. The van der Waals surface area contributed by atoms with Crippen molar-refractivity contribution in [2.24, 2.45) is 0 Å². The normalized spacial score (nSPS) is 14.3. The van der Waals surface area contributed by atoms with Crippen molar-refractivity contribution in [3.63, 3.8) is 0 Å². The number of rotatable bonds is 3. The van der Waals surface area contributed by atoms with Gasteiger partial charge in [-0.05, 0) is 41.0 Å². The molecule has 0 spiro atoms. The zero-order chi connectivity index (χ0) is 20.0. The van der Waals surface area contributed by atoms with Crippen LogP contribution in [0.25, 0.3) is 11.0 Å². The summed E-state index contributed by atoms with van der Waals surface area (Å²) in [7, 11) is 0. The van der Waals surface area contributed by atoms with Crippen molar-refractivity contribution in [1.29, 1.82) is 0 Å². The largest absolute Gasteiger partial charge is 0.229 e. The standard InChI is InChI=1S/C26H19N3S/c1-2-10-19(11-3-1)18-26(29-23-15-7-6-14-22(23)27-28-29)20-12-4-8-16-24(20)30-25-17-9-5-13-21(25)26/h1-17H,18H2. The van der Waals surface area contributed by atoms with Gasteiger partial charge in [-0.1, -0.05) is 95.8 Å². The van der Waals surface area contributed by atoms with Crippen molar-refractivity contribution in [2.75, 3.05) is 0 Å². The lowest BCUT2D eigenvalue weighted by atomic mass is 9.77. The topological polar surface area (TPSA) is 30.7 Å². The molecule has 144 valence electrons. The Morgan fingerprint density at radius 2 is 1.27 bits per heavy atom. The van der Waals surface area contributed by atoms with Crippen molar-refractivity contribution in [3.05, 3.63) is 120 Å². The summed E-state index contributed by atoms with van der Waals surface area (Å²) >= 11 is 1.84. The molecule has 3 nitrogen and oxygen atoms in total. The minimum absolute atomic E-state index is 0.476. The van der Waals surface area contributed by atoms with E-state index in [1.807, 2.05) is 23.9 Å². The van der Waals surface area contributed by atoms with Crippen LogP contribution in [0.5, 0.6) is 0 Å². The van der Waals surface area contributed by atoms with Gasteiger partial charge in [-0.15, -0.1) is 5.10 Å². The van der Waals surface area contributed by atoms with Crippen LogP contribution in [0.15, 0.2) is 113 Å².